The number of nitrogens with one attached hydrogen (secondary N) is 1. The first-order valence-electron chi connectivity index (χ1n) is 9.02. The number of amides is 1. The van der Waals surface area contributed by atoms with Crippen molar-refractivity contribution in [2.45, 2.75) is 26.2 Å². The second kappa shape index (κ2) is 6.53. The minimum atomic E-state index is -0.0118. The molecule has 1 aliphatic heterocycles. The molecule has 7 heteroatoms. The molecule has 4 aromatic rings. The molecule has 0 saturated carbocycles. The first-order chi connectivity index (χ1) is 13.5. The molecule has 0 bridgehead atoms. The SMILES string of the molecule is Cc1ccc2nc(-n3nc(C)c4c3NC(=O)C[C@@H]4c3ccc(Br)cc3)sc2c1. The predicted octanol–water partition coefficient (Wildman–Crippen LogP) is 5.34. The molecule has 0 unspecified atom stereocenters. The van der Waals surface area contributed by atoms with E-state index in [2.05, 4.69) is 52.4 Å². The highest BCUT2D eigenvalue weighted by Gasteiger charge is 2.33. The summed E-state index contributed by atoms with van der Waals surface area (Å²) in [6.45, 7) is 4.07. The normalized spacial score (nSPS) is 16.2. The molecule has 0 fully saturated rings. The predicted molar refractivity (Wildman–Crippen MR) is 115 cm³/mol. The number of hydrogen-bond donors (Lipinski definition) is 1. The zero-order chi connectivity index (χ0) is 19.4. The summed E-state index contributed by atoms with van der Waals surface area (Å²) in [6.07, 6.45) is 0.417. The van der Waals surface area contributed by atoms with Crippen LogP contribution in [0.25, 0.3) is 15.3 Å². The van der Waals surface area contributed by atoms with Crippen LogP contribution in [0, 0.1) is 13.8 Å². The Bertz CT molecular complexity index is 1230. The lowest BCUT2D eigenvalue weighted by Crippen LogP contribution is -2.24. The van der Waals surface area contributed by atoms with Gasteiger partial charge in [0.1, 0.15) is 5.82 Å². The third-order valence-corrected chi connectivity index (χ3v) is 6.61. The van der Waals surface area contributed by atoms with E-state index in [-0.39, 0.29) is 11.8 Å². The Morgan fingerprint density at radius 3 is 2.75 bits per heavy atom. The minimum absolute atomic E-state index is 0.00137. The molecule has 0 radical (unpaired) electrons. The van der Waals surface area contributed by atoms with Crippen LogP contribution in [0.1, 0.15) is 34.7 Å². The first-order valence-corrected chi connectivity index (χ1v) is 10.6. The highest BCUT2D eigenvalue weighted by molar-refractivity contribution is 9.10. The molecule has 1 amide bonds. The quantitative estimate of drug-likeness (QED) is 0.446. The number of nitrogens with zero attached hydrogens (tertiary/aromatic N) is 3. The van der Waals surface area contributed by atoms with Gasteiger partial charge >= 0.3 is 0 Å². The first kappa shape index (κ1) is 17.6. The molecule has 1 N–H and O–H groups in total. The summed E-state index contributed by atoms with van der Waals surface area (Å²) >= 11 is 5.06. The average molecular weight is 453 g/mol. The van der Waals surface area contributed by atoms with Gasteiger partial charge < -0.3 is 5.32 Å². The molecule has 0 spiro atoms. The van der Waals surface area contributed by atoms with Gasteiger partial charge in [0.05, 0.1) is 15.9 Å². The maximum absolute atomic E-state index is 12.5. The average Bonchev–Trinajstić information content (AvgIpc) is 3.22. The van der Waals surface area contributed by atoms with Crippen molar-refractivity contribution in [1.82, 2.24) is 14.8 Å². The topological polar surface area (TPSA) is 59.8 Å². The van der Waals surface area contributed by atoms with Gasteiger partial charge in [-0.2, -0.15) is 9.78 Å². The summed E-state index contributed by atoms with van der Waals surface area (Å²) in [7, 11) is 0. The Kier molecular flexibility index (Phi) is 4.10. The number of anilines is 1. The maximum Gasteiger partial charge on any atom is 0.226 e. The summed E-state index contributed by atoms with van der Waals surface area (Å²) in [5.41, 5.74) is 5.24. The van der Waals surface area contributed by atoms with Crippen LogP contribution in [-0.4, -0.2) is 20.7 Å². The number of benzene rings is 2. The van der Waals surface area contributed by atoms with Crippen molar-refractivity contribution in [3.05, 3.63) is 69.3 Å². The number of fused-ring (bicyclic) bond motifs is 2. The van der Waals surface area contributed by atoms with Crippen molar-refractivity contribution in [1.29, 1.82) is 0 Å². The number of aryl methyl sites for hydroxylation is 2. The van der Waals surface area contributed by atoms with Crippen molar-refractivity contribution in [2.24, 2.45) is 0 Å². The summed E-state index contributed by atoms with van der Waals surface area (Å²) in [4.78, 5) is 17.2. The highest BCUT2D eigenvalue weighted by Crippen LogP contribution is 2.41. The molecule has 2 aromatic carbocycles. The molecular weight excluding hydrogens is 436 g/mol. The number of hydrogen-bond acceptors (Lipinski definition) is 4. The van der Waals surface area contributed by atoms with Gasteiger partial charge in [-0.05, 0) is 49.2 Å². The number of carbonyl (C=O) groups is 1. The van der Waals surface area contributed by atoms with Crippen LogP contribution in [0.3, 0.4) is 0 Å². The zero-order valence-electron chi connectivity index (χ0n) is 15.4. The van der Waals surface area contributed by atoms with E-state index in [4.69, 9.17) is 10.1 Å². The van der Waals surface area contributed by atoms with Crippen molar-refractivity contribution < 1.29 is 4.79 Å². The van der Waals surface area contributed by atoms with Gasteiger partial charge in [0, 0.05) is 22.4 Å². The molecule has 5 rings (SSSR count). The second-order valence-corrected chi connectivity index (χ2v) is 9.01. The number of rotatable bonds is 2. The second-order valence-electron chi connectivity index (χ2n) is 7.08. The largest absolute Gasteiger partial charge is 0.310 e. The fourth-order valence-corrected chi connectivity index (χ4v) is 5.06. The monoisotopic (exact) mass is 452 g/mol. The third kappa shape index (κ3) is 2.86. The van der Waals surface area contributed by atoms with Crippen LogP contribution >= 0.6 is 27.3 Å². The van der Waals surface area contributed by atoms with Crippen LogP contribution in [0.15, 0.2) is 46.9 Å². The molecule has 1 atom stereocenters. The molecule has 28 heavy (non-hydrogen) atoms. The lowest BCUT2D eigenvalue weighted by molar-refractivity contribution is -0.116. The fourth-order valence-electron chi connectivity index (χ4n) is 3.78. The third-order valence-electron chi connectivity index (χ3n) is 5.09. The number of aromatic nitrogens is 3. The van der Waals surface area contributed by atoms with Crippen LogP contribution < -0.4 is 5.32 Å². The fraction of sp³-hybridized carbons (Fsp3) is 0.190. The Hall–Kier alpha value is -2.51. The van der Waals surface area contributed by atoms with E-state index in [0.29, 0.717) is 6.42 Å². The summed E-state index contributed by atoms with van der Waals surface area (Å²) in [5, 5.41) is 8.55. The molecule has 0 aliphatic carbocycles. The Labute approximate surface area is 174 Å². The Balaban J connectivity index is 1.67. The minimum Gasteiger partial charge on any atom is -0.310 e. The molecular formula is C21H17BrN4OS. The number of carbonyl (C=O) groups excluding carboxylic acids is 1. The summed E-state index contributed by atoms with van der Waals surface area (Å²) in [6, 6.07) is 14.4. The van der Waals surface area contributed by atoms with Gasteiger partial charge in [0.2, 0.25) is 11.0 Å². The van der Waals surface area contributed by atoms with Crippen LogP contribution in [-0.2, 0) is 4.79 Å². The van der Waals surface area contributed by atoms with Gasteiger partial charge in [0.25, 0.3) is 0 Å². The van der Waals surface area contributed by atoms with E-state index in [9.17, 15) is 4.79 Å². The Morgan fingerprint density at radius 1 is 1.18 bits per heavy atom. The number of halogens is 1. The van der Waals surface area contributed by atoms with E-state index in [0.717, 1.165) is 42.5 Å². The lowest BCUT2D eigenvalue weighted by Gasteiger charge is -2.24. The Morgan fingerprint density at radius 2 is 1.96 bits per heavy atom. The standard InChI is InChI=1S/C21H17BrN4OS/c1-11-3-8-16-17(9-11)28-21(23-16)26-20-19(12(2)25-26)15(10-18(27)24-20)13-4-6-14(22)7-5-13/h3-9,15H,10H2,1-2H3,(H,24,27)/t15-/m1/s1. The number of thiazole rings is 1. The van der Waals surface area contributed by atoms with Crippen LogP contribution in [0.2, 0.25) is 0 Å². The molecule has 140 valence electrons. The van der Waals surface area contributed by atoms with E-state index in [1.54, 1.807) is 16.0 Å². The molecule has 2 aromatic heterocycles. The van der Waals surface area contributed by atoms with Gasteiger partial charge in [0.15, 0.2) is 0 Å². The van der Waals surface area contributed by atoms with Crippen molar-refractivity contribution in [2.75, 3.05) is 5.32 Å². The van der Waals surface area contributed by atoms with Gasteiger partial charge in [-0.1, -0.05) is 45.5 Å². The molecule has 1 aliphatic rings. The molecule has 0 saturated heterocycles. The summed E-state index contributed by atoms with van der Waals surface area (Å²) in [5.74, 6) is 0.721. The van der Waals surface area contributed by atoms with E-state index in [1.165, 1.54) is 5.56 Å². The molecule has 5 nitrogen and oxygen atoms in total. The summed E-state index contributed by atoms with van der Waals surface area (Å²) < 4.78 is 3.92. The smallest absolute Gasteiger partial charge is 0.226 e. The van der Waals surface area contributed by atoms with Crippen LogP contribution in [0.5, 0.6) is 0 Å². The van der Waals surface area contributed by atoms with Gasteiger partial charge in [-0.25, -0.2) is 4.98 Å². The van der Waals surface area contributed by atoms with E-state index < -0.39 is 0 Å². The zero-order valence-corrected chi connectivity index (χ0v) is 17.8. The highest BCUT2D eigenvalue weighted by atomic mass is 79.9. The lowest BCUT2D eigenvalue weighted by atomic mass is 9.86. The maximum atomic E-state index is 12.5. The van der Waals surface area contributed by atoms with Gasteiger partial charge in [-0.15, -0.1) is 0 Å². The van der Waals surface area contributed by atoms with E-state index in [1.807, 2.05) is 25.1 Å². The van der Waals surface area contributed by atoms with Crippen molar-refractivity contribution in [3.8, 4) is 5.13 Å². The van der Waals surface area contributed by atoms with Crippen molar-refractivity contribution >= 4 is 49.2 Å². The van der Waals surface area contributed by atoms with Gasteiger partial charge in [-0.3, -0.25) is 4.79 Å². The van der Waals surface area contributed by atoms with E-state index >= 15 is 0 Å². The molecule has 3 heterocycles. The van der Waals surface area contributed by atoms with Crippen molar-refractivity contribution in [3.63, 3.8) is 0 Å². The van der Waals surface area contributed by atoms with Crippen LogP contribution in [0.4, 0.5) is 5.82 Å².